The van der Waals surface area contributed by atoms with Crippen LogP contribution in [0.4, 0.5) is 0 Å². The number of aliphatic carboxylic acids is 2. The topological polar surface area (TPSA) is 115 Å². The summed E-state index contributed by atoms with van der Waals surface area (Å²) < 4.78 is 0. The molecule has 0 radical (unpaired) electrons. The van der Waals surface area contributed by atoms with Gasteiger partial charge in [-0.15, -0.1) is 0 Å². The highest BCUT2D eigenvalue weighted by Gasteiger charge is 2.36. The molecule has 0 unspecified atom stereocenters. The Hall–Kier alpha value is -1.42. The first-order valence-electron chi connectivity index (χ1n) is 10.6. The maximum absolute atomic E-state index is 12.5. The molecule has 8 nitrogen and oxygen atoms in total. The number of carbonyl (C=O) groups excluding carboxylic acids is 2. The number of amides is 2. The van der Waals surface area contributed by atoms with Crippen LogP contribution in [0.1, 0.15) is 65.2 Å². The van der Waals surface area contributed by atoms with E-state index >= 15 is 0 Å². The van der Waals surface area contributed by atoms with Crippen molar-refractivity contribution in [3.05, 3.63) is 0 Å². The summed E-state index contributed by atoms with van der Waals surface area (Å²) in [4.78, 5) is 51.0. The zero-order valence-corrected chi connectivity index (χ0v) is 19.3. The molecule has 0 saturated carbocycles. The van der Waals surface area contributed by atoms with Gasteiger partial charge in [0.1, 0.15) is 12.1 Å². The highest BCUT2D eigenvalue weighted by atomic mass is 33.1. The molecule has 2 amide bonds. The second kappa shape index (κ2) is 11.8. The monoisotopic (exact) mass is 460 g/mol. The van der Waals surface area contributed by atoms with Crippen LogP contribution in [0, 0.1) is 0 Å². The molecule has 2 fully saturated rings. The van der Waals surface area contributed by atoms with E-state index in [1.807, 2.05) is 13.8 Å². The lowest BCUT2D eigenvalue weighted by molar-refractivity contribution is -0.154. The molecule has 170 valence electrons. The maximum atomic E-state index is 12.5. The molecule has 0 aromatic heterocycles. The molecule has 0 spiro atoms. The van der Waals surface area contributed by atoms with E-state index in [0.717, 1.165) is 25.7 Å². The average Bonchev–Trinajstić information content (AvgIpc) is 2.69. The van der Waals surface area contributed by atoms with Crippen LogP contribution in [0.3, 0.4) is 0 Å². The van der Waals surface area contributed by atoms with E-state index < -0.39 is 24.0 Å². The summed E-state index contributed by atoms with van der Waals surface area (Å²) in [5, 5.41) is 18.7. The lowest BCUT2D eigenvalue weighted by Crippen LogP contribution is -2.52. The smallest absolute Gasteiger partial charge is 0.326 e. The van der Waals surface area contributed by atoms with Crippen LogP contribution in [0.2, 0.25) is 0 Å². The van der Waals surface area contributed by atoms with Crippen molar-refractivity contribution >= 4 is 45.3 Å². The van der Waals surface area contributed by atoms with Crippen molar-refractivity contribution in [3.8, 4) is 0 Å². The first-order chi connectivity index (χ1) is 14.2. The number of hydrogen-bond acceptors (Lipinski definition) is 6. The third kappa shape index (κ3) is 6.54. The summed E-state index contributed by atoms with van der Waals surface area (Å²) in [6.07, 6.45) is 4.83. The molecule has 0 aliphatic carbocycles. The molecular weight excluding hydrogens is 428 g/mol. The number of nitrogens with zero attached hydrogens (tertiary/aromatic N) is 2. The van der Waals surface area contributed by atoms with Crippen molar-refractivity contribution < 1.29 is 29.4 Å². The molecule has 30 heavy (non-hydrogen) atoms. The normalized spacial score (nSPS) is 27.0. The Bertz CT molecular complexity index is 593. The molecule has 4 atom stereocenters. The Morgan fingerprint density at radius 3 is 1.43 bits per heavy atom. The van der Waals surface area contributed by atoms with E-state index in [2.05, 4.69) is 0 Å². The second-order valence-electron chi connectivity index (χ2n) is 8.01. The van der Waals surface area contributed by atoms with Crippen LogP contribution in [-0.4, -0.2) is 79.4 Å². The highest BCUT2D eigenvalue weighted by molar-refractivity contribution is 8.76. The fourth-order valence-corrected chi connectivity index (χ4v) is 6.30. The first-order valence-corrected chi connectivity index (χ1v) is 13.0. The van der Waals surface area contributed by atoms with Crippen molar-refractivity contribution in [2.24, 2.45) is 0 Å². The maximum Gasteiger partial charge on any atom is 0.326 e. The van der Waals surface area contributed by atoms with E-state index in [9.17, 15) is 29.4 Å². The third-order valence-corrected chi connectivity index (χ3v) is 8.26. The van der Waals surface area contributed by atoms with Gasteiger partial charge in [0.15, 0.2) is 0 Å². The summed E-state index contributed by atoms with van der Waals surface area (Å²) >= 11 is 0. The zero-order chi connectivity index (χ0) is 22.3. The summed E-state index contributed by atoms with van der Waals surface area (Å²) in [6, 6.07) is -1.58. The molecule has 0 bridgehead atoms. The van der Waals surface area contributed by atoms with Gasteiger partial charge in [0.2, 0.25) is 11.8 Å². The Morgan fingerprint density at radius 2 is 1.10 bits per heavy atom. The zero-order valence-electron chi connectivity index (χ0n) is 17.6. The molecular formula is C20H32N2O6S2. The van der Waals surface area contributed by atoms with Crippen molar-refractivity contribution in [2.45, 2.75) is 89.4 Å². The van der Waals surface area contributed by atoms with Crippen molar-refractivity contribution in [2.75, 3.05) is 11.5 Å². The Morgan fingerprint density at radius 1 is 0.733 bits per heavy atom. The minimum atomic E-state index is -0.943. The lowest BCUT2D eigenvalue weighted by atomic mass is 9.96. The largest absolute Gasteiger partial charge is 0.480 e. The van der Waals surface area contributed by atoms with Crippen LogP contribution in [-0.2, 0) is 19.2 Å². The molecule has 2 aliphatic rings. The van der Waals surface area contributed by atoms with Crippen molar-refractivity contribution in [3.63, 3.8) is 0 Å². The molecule has 10 heteroatoms. The molecule has 2 saturated heterocycles. The number of hydrogen-bond donors (Lipinski definition) is 2. The Balaban J connectivity index is 1.71. The Labute approximate surface area is 185 Å². The van der Waals surface area contributed by atoms with E-state index in [1.165, 1.54) is 31.4 Å². The van der Waals surface area contributed by atoms with Gasteiger partial charge in [-0.3, -0.25) is 9.59 Å². The molecule has 2 aliphatic heterocycles. The van der Waals surface area contributed by atoms with Gasteiger partial charge in [0, 0.05) is 36.4 Å². The van der Waals surface area contributed by atoms with E-state index in [4.69, 9.17) is 0 Å². The third-order valence-electron chi connectivity index (χ3n) is 5.85. The SMILES string of the molecule is C[C@@H]1CCC[C@H](C(=O)O)N1C(=O)CCSSCCC(=O)N1[C@H](C)CCC[C@@H]1C(=O)O. The van der Waals surface area contributed by atoms with Gasteiger partial charge < -0.3 is 20.0 Å². The van der Waals surface area contributed by atoms with Gasteiger partial charge in [0.05, 0.1) is 0 Å². The number of carboxylic acid groups (broad SMARTS) is 2. The Kier molecular flexibility index (Phi) is 9.80. The van der Waals surface area contributed by atoms with Gasteiger partial charge in [0.25, 0.3) is 0 Å². The summed E-state index contributed by atoms with van der Waals surface area (Å²) in [5.74, 6) is -1.06. The summed E-state index contributed by atoms with van der Waals surface area (Å²) in [7, 11) is 2.98. The van der Waals surface area contributed by atoms with Crippen LogP contribution in [0.5, 0.6) is 0 Å². The van der Waals surface area contributed by atoms with Crippen LogP contribution >= 0.6 is 21.6 Å². The van der Waals surface area contributed by atoms with Crippen molar-refractivity contribution in [1.82, 2.24) is 9.80 Å². The fraction of sp³-hybridized carbons (Fsp3) is 0.800. The molecule has 2 N–H and O–H groups in total. The predicted octanol–water partition coefficient (Wildman–Crippen LogP) is 2.86. The number of carboxylic acids is 2. The highest BCUT2D eigenvalue weighted by Crippen LogP contribution is 2.28. The number of carbonyl (C=O) groups is 4. The van der Waals surface area contributed by atoms with Crippen LogP contribution in [0.15, 0.2) is 0 Å². The van der Waals surface area contributed by atoms with E-state index in [1.54, 1.807) is 0 Å². The molecule has 0 aromatic carbocycles. The second-order valence-corrected chi connectivity index (χ2v) is 10.7. The quantitative estimate of drug-likeness (QED) is 0.399. The summed E-state index contributed by atoms with van der Waals surface area (Å²) in [6.45, 7) is 3.79. The number of piperidine rings is 2. The van der Waals surface area contributed by atoms with Gasteiger partial charge in [-0.05, 0) is 52.4 Å². The predicted molar refractivity (Wildman–Crippen MR) is 117 cm³/mol. The molecule has 2 rings (SSSR count). The first kappa shape index (κ1) is 24.8. The van der Waals surface area contributed by atoms with Gasteiger partial charge >= 0.3 is 11.9 Å². The average molecular weight is 461 g/mol. The van der Waals surface area contributed by atoms with Crippen LogP contribution in [0.25, 0.3) is 0 Å². The fourth-order valence-electron chi connectivity index (χ4n) is 4.34. The van der Waals surface area contributed by atoms with Crippen LogP contribution < -0.4 is 0 Å². The van der Waals surface area contributed by atoms with Gasteiger partial charge in [-0.2, -0.15) is 0 Å². The van der Waals surface area contributed by atoms with E-state index in [-0.39, 0.29) is 36.7 Å². The minimum Gasteiger partial charge on any atom is -0.480 e. The number of rotatable bonds is 9. The number of likely N-dealkylation sites (tertiary alicyclic amines) is 2. The van der Waals surface area contributed by atoms with Crippen molar-refractivity contribution in [1.29, 1.82) is 0 Å². The summed E-state index contributed by atoms with van der Waals surface area (Å²) in [5.41, 5.74) is 0. The molecule has 2 heterocycles. The minimum absolute atomic E-state index is 0.0589. The lowest BCUT2D eigenvalue weighted by Gasteiger charge is -2.38. The van der Waals surface area contributed by atoms with E-state index in [0.29, 0.717) is 24.3 Å². The standard InChI is InChI=1S/C20H32N2O6S2/c1-13-5-3-7-15(19(25)26)21(13)17(23)9-11-29-30-12-10-18(24)22-14(2)6-4-8-16(22)20(27)28/h13-16H,3-12H2,1-2H3,(H,25,26)(H,27,28)/t13-,14-,15-,16-/m1/s1. The van der Waals surface area contributed by atoms with Gasteiger partial charge in [-0.1, -0.05) is 21.6 Å². The van der Waals surface area contributed by atoms with Gasteiger partial charge in [-0.25, -0.2) is 9.59 Å². The molecule has 0 aromatic rings.